The van der Waals surface area contributed by atoms with E-state index in [9.17, 15) is 13.2 Å². The molecule has 0 aliphatic heterocycles. The minimum absolute atomic E-state index is 0.0262. The van der Waals surface area contributed by atoms with Crippen LogP contribution < -0.4 is 5.73 Å². The number of hydrogen-bond donors (Lipinski definition) is 1. The molecule has 1 fully saturated rings. The summed E-state index contributed by atoms with van der Waals surface area (Å²) in [4.78, 5) is 3.34. The molecule has 4 nitrogen and oxygen atoms in total. The van der Waals surface area contributed by atoms with Crippen LogP contribution in [0.3, 0.4) is 0 Å². The molecule has 1 aromatic heterocycles. The molecule has 96 valence electrons. The first-order valence-electron chi connectivity index (χ1n) is 5.58. The molecule has 1 heterocycles. The Hall–Kier alpha value is -1.11. The smallest absolute Gasteiger partial charge is 0.339 e. The van der Waals surface area contributed by atoms with Gasteiger partial charge in [0.05, 0.1) is 0 Å². The lowest BCUT2D eigenvalue weighted by Crippen LogP contribution is -2.43. The van der Waals surface area contributed by atoms with Crippen molar-refractivity contribution in [3.63, 3.8) is 0 Å². The molecule has 0 atom stereocenters. The van der Waals surface area contributed by atoms with Crippen LogP contribution in [-0.4, -0.2) is 15.7 Å². The Kier molecular flexibility index (Phi) is 3.11. The third-order valence-corrected chi connectivity index (χ3v) is 3.07. The molecular formula is C10H14F3N3O. The summed E-state index contributed by atoms with van der Waals surface area (Å²) in [5.41, 5.74) is 5.61. The van der Waals surface area contributed by atoms with E-state index in [4.69, 9.17) is 5.73 Å². The average molecular weight is 249 g/mol. The van der Waals surface area contributed by atoms with Crippen molar-refractivity contribution in [2.45, 2.75) is 50.2 Å². The van der Waals surface area contributed by atoms with E-state index in [0.29, 0.717) is 0 Å². The number of nitrogens with zero attached hydrogens (tertiary/aromatic N) is 2. The first-order chi connectivity index (χ1) is 7.89. The second-order valence-electron chi connectivity index (χ2n) is 4.61. The largest absolute Gasteiger partial charge is 0.455 e. The lowest BCUT2D eigenvalue weighted by Gasteiger charge is -2.31. The first-order valence-corrected chi connectivity index (χ1v) is 5.58. The van der Waals surface area contributed by atoms with Gasteiger partial charge in [-0.1, -0.05) is 24.4 Å². The van der Waals surface area contributed by atoms with Crippen LogP contribution in [0, 0.1) is 0 Å². The molecule has 17 heavy (non-hydrogen) atoms. The Balaban J connectivity index is 2.06. The normalized spacial score (nSPS) is 20.5. The van der Waals surface area contributed by atoms with Crippen LogP contribution in [0.15, 0.2) is 4.52 Å². The standard InChI is InChI=1S/C10H14F3N3O/c11-10(12,13)8-15-7(17-16-8)6-9(14)4-2-1-3-5-9/h1-6,14H2. The predicted octanol–water partition coefficient (Wildman–Crippen LogP) is 2.29. The second-order valence-corrected chi connectivity index (χ2v) is 4.61. The van der Waals surface area contributed by atoms with Gasteiger partial charge in [-0.05, 0) is 12.8 Å². The minimum Gasteiger partial charge on any atom is -0.339 e. The summed E-state index contributed by atoms with van der Waals surface area (Å²) in [5, 5.41) is 2.92. The summed E-state index contributed by atoms with van der Waals surface area (Å²) in [7, 11) is 0. The van der Waals surface area contributed by atoms with Gasteiger partial charge in [-0.15, -0.1) is 0 Å². The van der Waals surface area contributed by atoms with E-state index in [0.717, 1.165) is 32.1 Å². The van der Waals surface area contributed by atoms with Crippen molar-refractivity contribution in [1.82, 2.24) is 10.1 Å². The highest BCUT2D eigenvalue weighted by molar-refractivity contribution is 4.99. The topological polar surface area (TPSA) is 64.9 Å². The Morgan fingerprint density at radius 1 is 1.24 bits per heavy atom. The van der Waals surface area contributed by atoms with Gasteiger partial charge in [0.2, 0.25) is 5.89 Å². The fourth-order valence-electron chi connectivity index (χ4n) is 2.18. The summed E-state index contributed by atoms with van der Waals surface area (Å²) >= 11 is 0. The highest BCUT2D eigenvalue weighted by Gasteiger charge is 2.38. The van der Waals surface area contributed by atoms with Crippen molar-refractivity contribution in [3.8, 4) is 0 Å². The van der Waals surface area contributed by atoms with Crippen molar-refractivity contribution in [3.05, 3.63) is 11.7 Å². The first kappa shape index (κ1) is 12.3. The minimum atomic E-state index is -4.56. The Morgan fingerprint density at radius 2 is 1.88 bits per heavy atom. The molecule has 0 aromatic carbocycles. The number of alkyl halides is 3. The Morgan fingerprint density at radius 3 is 2.41 bits per heavy atom. The molecule has 1 saturated carbocycles. The molecule has 2 N–H and O–H groups in total. The van der Waals surface area contributed by atoms with Gasteiger partial charge in [-0.2, -0.15) is 18.2 Å². The van der Waals surface area contributed by atoms with Gasteiger partial charge in [-0.3, -0.25) is 0 Å². The van der Waals surface area contributed by atoms with Crippen LogP contribution in [0.25, 0.3) is 0 Å². The molecule has 1 aliphatic rings. The van der Waals surface area contributed by atoms with Gasteiger partial charge >= 0.3 is 6.18 Å². The van der Waals surface area contributed by atoms with Crippen molar-refractivity contribution in [1.29, 1.82) is 0 Å². The zero-order valence-electron chi connectivity index (χ0n) is 9.26. The molecule has 0 spiro atoms. The number of nitrogens with two attached hydrogens (primary N) is 1. The third kappa shape index (κ3) is 2.96. The van der Waals surface area contributed by atoms with Crippen LogP contribution in [0.2, 0.25) is 0 Å². The lowest BCUT2D eigenvalue weighted by molar-refractivity contribution is -0.146. The number of hydrogen-bond acceptors (Lipinski definition) is 4. The van der Waals surface area contributed by atoms with Crippen molar-refractivity contribution >= 4 is 0 Å². The van der Waals surface area contributed by atoms with E-state index in [2.05, 4.69) is 14.7 Å². The van der Waals surface area contributed by atoms with E-state index in [1.807, 2.05) is 0 Å². The number of aromatic nitrogens is 2. The SMILES string of the molecule is NC1(Cc2nc(C(F)(F)F)no2)CCCCC1. The van der Waals surface area contributed by atoms with E-state index < -0.39 is 17.5 Å². The molecular weight excluding hydrogens is 235 g/mol. The molecule has 0 unspecified atom stereocenters. The van der Waals surface area contributed by atoms with E-state index in [1.165, 1.54) is 0 Å². The monoisotopic (exact) mass is 249 g/mol. The molecule has 0 saturated heterocycles. The van der Waals surface area contributed by atoms with Crippen molar-refractivity contribution in [2.24, 2.45) is 5.73 Å². The summed E-state index contributed by atoms with van der Waals surface area (Å²) < 4.78 is 41.4. The van der Waals surface area contributed by atoms with Crippen molar-refractivity contribution in [2.75, 3.05) is 0 Å². The van der Waals surface area contributed by atoms with Gasteiger partial charge in [0.25, 0.3) is 5.82 Å². The fraction of sp³-hybridized carbons (Fsp3) is 0.800. The maximum atomic E-state index is 12.3. The zero-order chi connectivity index (χ0) is 12.5. The van der Waals surface area contributed by atoms with Gasteiger partial charge in [0, 0.05) is 12.0 Å². The molecule has 2 rings (SSSR count). The Labute approximate surface area is 96.4 Å². The molecule has 1 aromatic rings. The quantitative estimate of drug-likeness (QED) is 0.873. The summed E-state index contributed by atoms with van der Waals surface area (Å²) in [6.45, 7) is 0. The van der Waals surface area contributed by atoms with Gasteiger partial charge < -0.3 is 10.3 Å². The maximum absolute atomic E-state index is 12.3. The molecule has 1 aliphatic carbocycles. The van der Waals surface area contributed by atoms with Gasteiger partial charge in [-0.25, -0.2) is 0 Å². The summed E-state index contributed by atoms with van der Waals surface area (Å²) in [6.07, 6.45) is 0.351. The average Bonchev–Trinajstić information content (AvgIpc) is 2.66. The second kappa shape index (κ2) is 4.29. The zero-order valence-corrected chi connectivity index (χ0v) is 9.26. The lowest BCUT2D eigenvalue weighted by atomic mass is 9.80. The third-order valence-electron chi connectivity index (χ3n) is 3.07. The fourth-order valence-corrected chi connectivity index (χ4v) is 2.18. The van der Waals surface area contributed by atoms with Crippen LogP contribution in [0.1, 0.15) is 43.8 Å². The highest BCUT2D eigenvalue weighted by atomic mass is 19.4. The van der Waals surface area contributed by atoms with Crippen molar-refractivity contribution < 1.29 is 17.7 Å². The van der Waals surface area contributed by atoms with E-state index in [-0.39, 0.29) is 12.3 Å². The van der Waals surface area contributed by atoms with E-state index >= 15 is 0 Å². The molecule has 0 radical (unpaired) electrons. The van der Waals surface area contributed by atoms with E-state index in [1.54, 1.807) is 0 Å². The highest BCUT2D eigenvalue weighted by Crippen LogP contribution is 2.30. The van der Waals surface area contributed by atoms with Gasteiger partial charge in [0.15, 0.2) is 0 Å². The molecule has 7 heteroatoms. The van der Waals surface area contributed by atoms with Gasteiger partial charge in [0.1, 0.15) is 0 Å². The molecule has 0 amide bonds. The predicted molar refractivity (Wildman–Crippen MR) is 53.0 cm³/mol. The molecule has 0 bridgehead atoms. The van der Waals surface area contributed by atoms with Crippen LogP contribution in [0.4, 0.5) is 13.2 Å². The van der Waals surface area contributed by atoms with Crippen LogP contribution in [0.5, 0.6) is 0 Å². The number of rotatable bonds is 2. The summed E-state index contributed by atoms with van der Waals surface area (Å²) in [6, 6.07) is 0. The van der Waals surface area contributed by atoms with Crippen LogP contribution >= 0.6 is 0 Å². The Bertz CT molecular complexity index is 382. The van der Waals surface area contributed by atoms with Crippen LogP contribution in [-0.2, 0) is 12.6 Å². The summed E-state index contributed by atoms with van der Waals surface area (Å²) in [5.74, 6) is -1.26. The maximum Gasteiger partial charge on any atom is 0.455 e. The number of halogens is 3.